The first-order valence-corrected chi connectivity index (χ1v) is 7.82. The van der Waals surface area contributed by atoms with Crippen LogP contribution in [0.2, 0.25) is 0 Å². The van der Waals surface area contributed by atoms with Gasteiger partial charge in [-0.3, -0.25) is 0 Å². The summed E-state index contributed by atoms with van der Waals surface area (Å²) in [6.45, 7) is 0.102. The summed E-state index contributed by atoms with van der Waals surface area (Å²) in [5.41, 5.74) is 0. The van der Waals surface area contributed by atoms with E-state index in [1.807, 2.05) is 18.2 Å². The molecule has 5 heteroatoms. The standard InChI is InChI=1S/C15H16O4S/c1-18-14-9-5-6-10-15(14)20(16,17)12-11-19-13-7-3-2-4-8-13/h2-10H,11-12H2,1H3. The van der Waals surface area contributed by atoms with Crippen molar-refractivity contribution < 1.29 is 17.9 Å². The van der Waals surface area contributed by atoms with E-state index in [4.69, 9.17) is 9.47 Å². The maximum Gasteiger partial charge on any atom is 0.185 e. The van der Waals surface area contributed by atoms with E-state index in [2.05, 4.69) is 0 Å². The van der Waals surface area contributed by atoms with Crippen molar-refractivity contribution in [2.24, 2.45) is 0 Å². The molecule has 0 heterocycles. The fourth-order valence-corrected chi connectivity index (χ4v) is 3.04. The predicted molar refractivity (Wildman–Crippen MR) is 77.0 cm³/mol. The Labute approximate surface area is 118 Å². The Morgan fingerprint density at radius 2 is 1.60 bits per heavy atom. The van der Waals surface area contributed by atoms with Crippen LogP contribution >= 0.6 is 0 Å². The highest BCUT2D eigenvalue weighted by atomic mass is 32.2. The maximum absolute atomic E-state index is 12.2. The van der Waals surface area contributed by atoms with Gasteiger partial charge in [-0.05, 0) is 24.3 Å². The lowest BCUT2D eigenvalue weighted by Gasteiger charge is -2.10. The van der Waals surface area contributed by atoms with Crippen LogP contribution in [-0.4, -0.2) is 27.9 Å². The third-order valence-electron chi connectivity index (χ3n) is 2.77. The molecule has 0 unspecified atom stereocenters. The Morgan fingerprint density at radius 1 is 0.950 bits per heavy atom. The molecule has 0 amide bonds. The maximum atomic E-state index is 12.2. The minimum absolute atomic E-state index is 0.0950. The Morgan fingerprint density at radius 3 is 2.30 bits per heavy atom. The zero-order chi connectivity index (χ0) is 14.4. The molecule has 2 rings (SSSR count). The molecule has 0 atom stereocenters. The normalized spacial score (nSPS) is 11.1. The van der Waals surface area contributed by atoms with E-state index >= 15 is 0 Å². The van der Waals surface area contributed by atoms with Crippen molar-refractivity contribution in [1.29, 1.82) is 0 Å². The van der Waals surface area contributed by atoms with Gasteiger partial charge in [-0.15, -0.1) is 0 Å². The van der Waals surface area contributed by atoms with Gasteiger partial charge in [0.1, 0.15) is 23.0 Å². The van der Waals surface area contributed by atoms with Crippen molar-refractivity contribution >= 4 is 9.84 Å². The first-order valence-electron chi connectivity index (χ1n) is 6.17. The fraction of sp³-hybridized carbons (Fsp3) is 0.200. The number of sulfone groups is 1. The van der Waals surface area contributed by atoms with Gasteiger partial charge >= 0.3 is 0 Å². The van der Waals surface area contributed by atoms with Crippen LogP contribution in [0, 0.1) is 0 Å². The number of ether oxygens (including phenoxy) is 2. The van der Waals surface area contributed by atoms with Gasteiger partial charge in [0, 0.05) is 0 Å². The second kappa shape index (κ2) is 6.43. The van der Waals surface area contributed by atoms with Crippen molar-refractivity contribution in [3.8, 4) is 11.5 Å². The minimum Gasteiger partial charge on any atom is -0.495 e. The van der Waals surface area contributed by atoms with E-state index in [1.165, 1.54) is 13.2 Å². The lowest BCUT2D eigenvalue weighted by Crippen LogP contribution is -2.15. The third-order valence-corrected chi connectivity index (χ3v) is 4.48. The molecule has 0 N–H and O–H groups in total. The number of benzene rings is 2. The lowest BCUT2D eigenvalue weighted by molar-refractivity contribution is 0.340. The zero-order valence-corrected chi connectivity index (χ0v) is 12.0. The van der Waals surface area contributed by atoms with Gasteiger partial charge in [0.2, 0.25) is 0 Å². The number of methoxy groups -OCH3 is 1. The average molecular weight is 292 g/mol. The molecule has 4 nitrogen and oxygen atoms in total. The molecule has 0 saturated carbocycles. The van der Waals surface area contributed by atoms with Crippen molar-refractivity contribution in [2.45, 2.75) is 4.90 Å². The molecule has 106 valence electrons. The molecule has 0 aliphatic carbocycles. The lowest BCUT2D eigenvalue weighted by atomic mass is 10.3. The number of rotatable bonds is 6. The number of hydrogen-bond acceptors (Lipinski definition) is 4. The summed E-state index contributed by atoms with van der Waals surface area (Å²) < 4.78 is 35.0. The van der Waals surface area contributed by atoms with Crippen LogP contribution in [0.15, 0.2) is 59.5 Å². The van der Waals surface area contributed by atoms with Gasteiger partial charge in [0.15, 0.2) is 9.84 Å². The number of hydrogen-bond donors (Lipinski definition) is 0. The molecule has 0 spiro atoms. The van der Waals surface area contributed by atoms with Crippen LogP contribution in [0.3, 0.4) is 0 Å². The Bertz CT molecular complexity index is 651. The highest BCUT2D eigenvalue weighted by Gasteiger charge is 2.19. The Hall–Kier alpha value is -2.01. The Kier molecular flexibility index (Phi) is 4.63. The van der Waals surface area contributed by atoms with Gasteiger partial charge in [0.25, 0.3) is 0 Å². The molecule has 0 fully saturated rings. The molecule has 0 aromatic heterocycles. The Balaban J connectivity index is 2.04. The van der Waals surface area contributed by atoms with Crippen LogP contribution in [0.5, 0.6) is 11.5 Å². The van der Waals surface area contributed by atoms with Crippen LogP contribution in [0.1, 0.15) is 0 Å². The van der Waals surface area contributed by atoms with Gasteiger partial charge in [-0.2, -0.15) is 0 Å². The molecular formula is C15H16O4S. The van der Waals surface area contributed by atoms with Crippen LogP contribution in [0.25, 0.3) is 0 Å². The summed E-state index contributed by atoms with van der Waals surface area (Å²) in [4.78, 5) is 0.194. The first-order chi connectivity index (χ1) is 9.63. The van der Waals surface area contributed by atoms with Crippen LogP contribution in [-0.2, 0) is 9.84 Å². The summed E-state index contributed by atoms with van der Waals surface area (Å²) in [5.74, 6) is 0.914. The smallest absolute Gasteiger partial charge is 0.185 e. The second-order valence-electron chi connectivity index (χ2n) is 4.13. The summed E-state index contributed by atoms with van der Waals surface area (Å²) in [5, 5.41) is 0. The molecular weight excluding hydrogens is 276 g/mol. The highest BCUT2D eigenvalue weighted by Crippen LogP contribution is 2.23. The van der Waals surface area contributed by atoms with E-state index in [9.17, 15) is 8.42 Å². The summed E-state index contributed by atoms with van der Waals surface area (Å²) >= 11 is 0. The number of para-hydroxylation sites is 2. The molecule has 0 aliphatic heterocycles. The predicted octanol–water partition coefficient (Wildman–Crippen LogP) is 2.55. The molecule has 2 aromatic carbocycles. The van der Waals surface area contributed by atoms with Gasteiger partial charge < -0.3 is 9.47 Å². The SMILES string of the molecule is COc1ccccc1S(=O)(=O)CCOc1ccccc1. The van der Waals surface area contributed by atoms with E-state index < -0.39 is 9.84 Å². The topological polar surface area (TPSA) is 52.6 Å². The molecule has 0 saturated heterocycles. The van der Waals surface area contributed by atoms with Gasteiger partial charge in [0.05, 0.1) is 12.9 Å². The van der Waals surface area contributed by atoms with Crippen molar-refractivity contribution in [3.05, 3.63) is 54.6 Å². The molecule has 0 aliphatic rings. The first kappa shape index (κ1) is 14.4. The van der Waals surface area contributed by atoms with Crippen molar-refractivity contribution in [2.75, 3.05) is 19.5 Å². The van der Waals surface area contributed by atoms with Gasteiger partial charge in [-0.25, -0.2) is 8.42 Å². The van der Waals surface area contributed by atoms with E-state index in [1.54, 1.807) is 30.3 Å². The van der Waals surface area contributed by atoms with Crippen LogP contribution in [0.4, 0.5) is 0 Å². The largest absolute Gasteiger partial charge is 0.495 e. The quantitative estimate of drug-likeness (QED) is 0.821. The summed E-state index contributed by atoms with van der Waals surface area (Å²) in [6.07, 6.45) is 0. The van der Waals surface area contributed by atoms with Crippen molar-refractivity contribution in [3.63, 3.8) is 0 Å². The molecule has 0 bridgehead atoms. The van der Waals surface area contributed by atoms with Crippen LogP contribution < -0.4 is 9.47 Å². The summed E-state index contributed by atoms with van der Waals surface area (Å²) in [7, 11) is -1.97. The van der Waals surface area contributed by atoms with E-state index in [0.717, 1.165) is 0 Å². The average Bonchev–Trinajstić information content (AvgIpc) is 2.48. The fourth-order valence-electron chi connectivity index (χ4n) is 1.77. The molecule has 20 heavy (non-hydrogen) atoms. The second-order valence-corrected chi connectivity index (χ2v) is 6.21. The van der Waals surface area contributed by atoms with Crippen molar-refractivity contribution in [1.82, 2.24) is 0 Å². The van der Waals surface area contributed by atoms with E-state index in [-0.39, 0.29) is 17.3 Å². The van der Waals surface area contributed by atoms with Gasteiger partial charge in [-0.1, -0.05) is 30.3 Å². The summed E-state index contributed by atoms with van der Waals surface area (Å²) in [6, 6.07) is 15.7. The minimum atomic E-state index is -3.42. The molecule has 2 aromatic rings. The van der Waals surface area contributed by atoms with E-state index in [0.29, 0.717) is 11.5 Å². The third kappa shape index (κ3) is 3.51. The zero-order valence-electron chi connectivity index (χ0n) is 11.2. The highest BCUT2D eigenvalue weighted by molar-refractivity contribution is 7.91. The molecule has 0 radical (unpaired) electrons. The monoisotopic (exact) mass is 292 g/mol.